The van der Waals surface area contributed by atoms with Crippen molar-refractivity contribution < 1.29 is 8.42 Å². The normalized spacial score (nSPS) is 22.6. The molecule has 1 aliphatic rings. The summed E-state index contributed by atoms with van der Waals surface area (Å²) in [6.45, 7) is 1.22. The molecule has 23 heavy (non-hydrogen) atoms. The number of aryl methyl sites for hydroxylation is 1. The highest BCUT2D eigenvalue weighted by atomic mass is 35.5. The molecular formula is C15H19ClN4O2S. The molecule has 0 saturated carbocycles. The highest BCUT2D eigenvalue weighted by Gasteiger charge is 2.41. The van der Waals surface area contributed by atoms with Crippen molar-refractivity contribution in [3.8, 4) is 0 Å². The molecule has 124 valence electrons. The van der Waals surface area contributed by atoms with Crippen molar-refractivity contribution in [3.05, 3.63) is 47.1 Å². The molecule has 1 fully saturated rings. The summed E-state index contributed by atoms with van der Waals surface area (Å²) < 4.78 is 28.6. The second-order valence-corrected chi connectivity index (χ2v) is 8.02. The Kier molecular flexibility index (Phi) is 4.46. The quantitative estimate of drug-likeness (QED) is 0.900. The molecule has 1 aliphatic heterocycles. The van der Waals surface area contributed by atoms with Gasteiger partial charge in [-0.15, -0.1) is 0 Å². The summed E-state index contributed by atoms with van der Waals surface area (Å²) in [5.74, 6) is 0.169. The molecule has 8 heteroatoms. The van der Waals surface area contributed by atoms with E-state index in [-0.39, 0.29) is 21.9 Å². The molecule has 0 radical (unpaired) electrons. The highest BCUT2D eigenvalue weighted by molar-refractivity contribution is 7.89. The zero-order valence-electron chi connectivity index (χ0n) is 12.8. The summed E-state index contributed by atoms with van der Waals surface area (Å²) in [4.78, 5) is 0. The van der Waals surface area contributed by atoms with Crippen molar-refractivity contribution in [1.82, 2.24) is 14.1 Å². The SMILES string of the molecule is Cn1ncc(Cl)c1S(=O)(=O)N1C[C@@H](CN)[C@H](c2ccccc2)C1. The fraction of sp³-hybridized carbons (Fsp3) is 0.400. The van der Waals surface area contributed by atoms with E-state index in [0.29, 0.717) is 19.6 Å². The number of nitrogens with two attached hydrogens (primary N) is 1. The molecule has 6 nitrogen and oxygen atoms in total. The van der Waals surface area contributed by atoms with Gasteiger partial charge in [-0.25, -0.2) is 8.42 Å². The zero-order valence-corrected chi connectivity index (χ0v) is 14.3. The molecule has 1 aromatic carbocycles. The molecule has 1 aromatic heterocycles. The molecule has 2 heterocycles. The van der Waals surface area contributed by atoms with Gasteiger partial charge < -0.3 is 5.73 Å². The fourth-order valence-electron chi connectivity index (χ4n) is 3.16. The Morgan fingerprint density at radius 3 is 2.57 bits per heavy atom. The third-order valence-corrected chi connectivity index (χ3v) is 6.70. The van der Waals surface area contributed by atoms with E-state index in [1.807, 2.05) is 30.3 Å². The average Bonchev–Trinajstić information content (AvgIpc) is 3.12. The van der Waals surface area contributed by atoms with Gasteiger partial charge in [0.2, 0.25) is 0 Å². The number of sulfonamides is 1. The first-order valence-electron chi connectivity index (χ1n) is 7.37. The second kappa shape index (κ2) is 6.24. The number of benzene rings is 1. The number of aromatic nitrogens is 2. The Morgan fingerprint density at radius 2 is 2.00 bits per heavy atom. The molecular weight excluding hydrogens is 336 g/mol. The average molecular weight is 355 g/mol. The molecule has 0 bridgehead atoms. The minimum Gasteiger partial charge on any atom is -0.330 e. The van der Waals surface area contributed by atoms with E-state index in [1.54, 1.807) is 7.05 Å². The van der Waals surface area contributed by atoms with Crippen LogP contribution in [0.3, 0.4) is 0 Å². The lowest BCUT2D eigenvalue weighted by Gasteiger charge is -2.17. The van der Waals surface area contributed by atoms with Crippen LogP contribution in [0.1, 0.15) is 11.5 Å². The fourth-order valence-corrected chi connectivity index (χ4v) is 5.28. The van der Waals surface area contributed by atoms with Gasteiger partial charge in [0.15, 0.2) is 5.03 Å². The number of hydrogen-bond donors (Lipinski definition) is 1. The van der Waals surface area contributed by atoms with Crippen LogP contribution in [0.25, 0.3) is 0 Å². The summed E-state index contributed by atoms with van der Waals surface area (Å²) in [6.07, 6.45) is 1.35. The maximum Gasteiger partial charge on any atom is 0.261 e. The monoisotopic (exact) mass is 354 g/mol. The van der Waals surface area contributed by atoms with E-state index >= 15 is 0 Å². The number of nitrogens with zero attached hydrogens (tertiary/aromatic N) is 3. The Bertz CT molecular complexity index is 772. The van der Waals surface area contributed by atoms with Crippen LogP contribution in [0.5, 0.6) is 0 Å². The van der Waals surface area contributed by atoms with Crippen molar-refractivity contribution in [2.24, 2.45) is 18.7 Å². The standard InChI is InChI=1S/C15H19ClN4O2S/c1-19-15(14(16)8-18-19)23(21,22)20-9-12(7-17)13(10-20)11-5-3-2-4-6-11/h2-6,8,12-13H,7,9-10,17H2,1H3/t12-,13+/m1/s1. The van der Waals surface area contributed by atoms with Crippen LogP contribution in [0, 0.1) is 5.92 Å². The van der Waals surface area contributed by atoms with E-state index < -0.39 is 10.0 Å². The maximum atomic E-state index is 12.9. The summed E-state index contributed by atoms with van der Waals surface area (Å²) >= 11 is 6.02. The lowest BCUT2D eigenvalue weighted by molar-refractivity contribution is 0.451. The van der Waals surface area contributed by atoms with Gasteiger partial charge in [0, 0.05) is 26.1 Å². The molecule has 0 amide bonds. The van der Waals surface area contributed by atoms with Gasteiger partial charge in [0.05, 0.1) is 11.2 Å². The Hall–Kier alpha value is -1.41. The molecule has 3 rings (SSSR count). The van der Waals surface area contributed by atoms with Gasteiger partial charge in [-0.1, -0.05) is 41.9 Å². The molecule has 0 aliphatic carbocycles. The third kappa shape index (κ3) is 2.89. The molecule has 0 spiro atoms. The smallest absolute Gasteiger partial charge is 0.261 e. The van der Waals surface area contributed by atoms with Crippen molar-refractivity contribution in [2.45, 2.75) is 10.9 Å². The Labute approximate surface area is 140 Å². The second-order valence-electron chi connectivity index (χ2n) is 5.76. The predicted molar refractivity (Wildman–Crippen MR) is 88.7 cm³/mol. The first-order chi connectivity index (χ1) is 10.9. The van der Waals surface area contributed by atoms with Crippen molar-refractivity contribution in [3.63, 3.8) is 0 Å². The van der Waals surface area contributed by atoms with E-state index in [0.717, 1.165) is 5.56 Å². The van der Waals surface area contributed by atoms with Gasteiger partial charge in [-0.05, 0) is 18.0 Å². The lowest BCUT2D eigenvalue weighted by atomic mass is 9.89. The van der Waals surface area contributed by atoms with E-state index in [4.69, 9.17) is 17.3 Å². The Balaban J connectivity index is 1.94. The molecule has 1 saturated heterocycles. The summed E-state index contributed by atoms with van der Waals surface area (Å²) in [5, 5.41) is 4.09. The number of hydrogen-bond acceptors (Lipinski definition) is 4. The van der Waals surface area contributed by atoms with Gasteiger partial charge in [0.1, 0.15) is 0 Å². The highest BCUT2D eigenvalue weighted by Crippen LogP contribution is 2.36. The number of halogens is 1. The van der Waals surface area contributed by atoms with Gasteiger partial charge in [0.25, 0.3) is 10.0 Å². The van der Waals surface area contributed by atoms with E-state index in [9.17, 15) is 8.42 Å². The van der Waals surface area contributed by atoms with Crippen LogP contribution < -0.4 is 5.73 Å². The van der Waals surface area contributed by atoms with Gasteiger partial charge >= 0.3 is 0 Å². The van der Waals surface area contributed by atoms with Crippen molar-refractivity contribution in [1.29, 1.82) is 0 Å². The van der Waals surface area contributed by atoms with Crippen LogP contribution >= 0.6 is 11.6 Å². The van der Waals surface area contributed by atoms with Crippen LogP contribution in [0.2, 0.25) is 5.02 Å². The summed E-state index contributed by atoms with van der Waals surface area (Å²) in [6, 6.07) is 9.89. The maximum absolute atomic E-state index is 12.9. The first kappa shape index (κ1) is 16.4. The van der Waals surface area contributed by atoms with Gasteiger partial charge in [-0.2, -0.15) is 9.40 Å². The molecule has 2 atom stereocenters. The van der Waals surface area contributed by atoms with Crippen LogP contribution in [-0.4, -0.2) is 42.1 Å². The van der Waals surface area contributed by atoms with Gasteiger partial charge in [-0.3, -0.25) is 4.68 Å². The summed E-state index contributed by atoms with van der Waals surface area (Å²) in [7, 11) is -2.12. The third-order valence-electron chi connectivity index (χ3n) is 4.36. The predicted octanol–water partition coefficient (Wildman–Crippen LogP) is 1.44. The van der Waals surface area contributed by atoms with Crippen LogP contribution in [-0.2, 0) is 17.1 Å². The summed E-state index contributed by atoms with van der Waals surface area (Å²) in [5.41, 5.74) is 6.99. The van der Waals surface area contributed by atoms with E-state index in [1.165, 1.54) is 15.2 Å². The first-order valence-corrected chi connectivity index (χ1v) is 9.19. The zero-order chi connectivity index (χ0) is 16.6. The topological polar surface area (TPSA) is 81.2 Å². The number of rotatable bonds is 4. The van der Waals surface area contributed by atoms with E-state index in [2.05, 4.69) is 5.10 Å². The molecule has 2 aromatic rings. The van der Waals surface area contributed by atoms with Crippen molar-refractivity contribution in [2.75, 3.05) is 19.6 Å². The Morgan fingerprint density at radius 1 is 1.30 bits per heavy atom. The lowest BCUT2D eigenvalue weighted by Crippen LogP contribution is -2.31. The minimum atomic E-state index is -3.69. The van der Waals surface area contributed by atoms with Crippen LogP contribution in [0.15, 0.2) is 41.6 Å². The minimum absolute atomic E-state index is 0.0312. The largest absolute Gasteiger partial charge is 0.330 e. The molecule has 0 unspecified atom stereocenters. The van der Waals surface area contributed by atoms with Crippen molar-refractivity contribution >= 4 is 21.6 Å². The van der Waals surface area contributed by atoms with Crippen LogP contribution in [0.4, 0.5) is 0 Å². The molecule has 2 N–H and O–H groups in total.